The molecule has 1 N–H and O–H groups in total. The smallest absolute Gasteiger partial charge is 0.220 e. The van der Waals surface area contributed by atoms with Crippen molar-refractivity contribution in [2.24, 2.45) is 0 Å². The van der Waals surface area contributed by atoms with E-state index in [0.717, 1.165) is 41.2 Å². The zero-order valence-corrected chi connectivity index (χ0v) is 16.4. The van der Waals surface area contributed by atoms with Crippen molar-refractivity contribution < 1.29 is 4.79 Å². The van der Waals surface area contributed by atoms with E-state index in [4.69, 9.17) is 16.6 Å². The first-order valence-corrected chi connectivity index (χ1v) is 9.45. The average molecular weight is 384 g/mol. The monoisotopic (exact) mass is 383 g/mol. The molecule has 0 radical (unpaired) electrons. The van der Waals surface area contributed by atoms with E-state index in [1.54, 1.807) is 13.1 Å². The molecule has 27 heavy (non-hydrogen) atoms. The van der Waals surface area contributed by atoms with Gasteiger partial charge in [-0.2, -0.15) is 0 Å². The maximum absolute atomic E-state index is 11.9. The number of anilines is 1. The molecule has 1 amide bonds. The number of halogens is 1. The molecule has 7 heteroatoms. The summed E-state index contributed by atoms with van der Waals surface area (Å²) in [5.74, 6) is 1.04. The molecule has 3 aromatic rings. The number of piperazine rings is 1. The van der Waals surface area contributed by atoms with Crippen molar-refractivity contribution in [1.29, 1.82) is 0 Å². The Kier molecular flexibility index (Phi) is 4.52. The first kappa shape index (κ1) is 17.8. The topological polar surface area (TPSA) is 65.1 Å². The molecule has 1 aliphatic rings. The molecule has 6 nitrogen and oxygen atoms in total. The van der Waals surface area contributed by atoms with Crippen molar-refractivity contribution in [1.82, 2.24) is 19.9 Å². The zero-order valence-electron chi connectivity index (χ0n) is 15.6. The molecule has 1 aliphatic heterocycles. The lowest BCUT2D eigenvalue weighted by Crippen LogP contribution is -2.58. The molecule has 1 saturated heterocycles. The number of aromatic amines is 1. The summed E-state index contributed by atoms with van der Waals surface area (Å²) in [7, 11) is 0. The summed E-state index contributed by atoms with van der Waals surface area (Å²) in [6.45, 7) is 7.34. The van der Waals surface area contributed by atoms with Crippen molar-refractivity contribution in [2.45, 2.75) is 32.9 Å². The molecule has 0 bridgehead atoms. The van der Waals surface area contributed by atoms with Crippen LogP contribution in [0.3, 0.4) is 0 Å². The molecular formula is C20H22ClN5O. The molecule has 3 aromatic heterocycles. The fraction of sp³-hybridized carbons (Fsp3) is 0.350. The van der Waals surface area contributed by atoms with Crippen LogP contribution in [0, 0.1) is 0 Å². The number of nitrogens with one attached hydrogen (secondary N) is 1. The van der Waals surface area contributed by atoms with Crippen molar-refractivity contribution in [3.63, 3.8) is 0 Å². The lowest BCUT2D eigenvalue weighted by atomic mass is 10.1. The number of H-pyrrole nitrogens is 1. The lowest BCUT2D eigenvalue weighted by molar-refractivity contribution is -0.133. The molecular weight excluding hydrogens is 362 g/mol. The van der Waals surface area contributed by atoms with E-state index >= 15 is 0 Å². The molecule has 0 aliphatic carbocycles. The Morgan fingerprint density at radius 2 is 2.00 bits per heavy atom. The van der Waals surface area contributed by atoms with Crippen LogP contribution in [0.25, 0.3) is 22.3 Å². The van der Waals surface area contributed by atoms with Crippen molar-refractivity contribution in [3.05, 3.63) is 41.7 Å². The quantitative estimate of drug-likeness (QED) is 0.732. The summed E-state index contributed by atoms with van der Waals surface area (Å²) in [5, 5.41) is 1.55. The Balaban J connectivity index is 1.67. The van der Waals surface area contributed by atoms with Gasteiger partial charge in [-0.1, -0.05) is 17.7 Å². The van der Waals surface area contributed by atoms with Crippen LogP contribution in [0.15, 0.2) is 36.7 Å². The van der Waals surface area contributed by atoms with Crippen LogP contribution in [0.4, 0.5) is 5.82 Å². The van der Waals surface area contributed by atoms with Gasteiger partial charge < -0.3 is 14.8 Å². The fourth-order valence-electron chi connectivity index (χ4n) is 4.07. The number of aromatic nitrogens is 3. The van der Waals surface area contributed by atoms with E-state index in [-0.39, 0.29) is 18.0 Å². The SMILES string of the molecule is CC(=O)N1[C@H](C)CN(c2cccc(-c3c[nH]c4ncc(Cl)cc34)n2)C[C@@H]1C. The van der Waals surface area contributed by atoms with Crippen LogP contribution in [0.1, 0.15) is 20.8 Å². The Morgan fingerprint density at radius 1 is 1.26 bits per heavy atom. The molecule has 2 atom stereocenters. The Labute approximate surface area is 163 Å². The molecule has 4 rings (SSSR count). The summed E-state index contributed by atoms with van der Waals surface area (Å²) >= 11 is 6.12. The minimum absolute atomic E-state index is 0.125. The number of pyridine rings is 2. The minimum atomic E-state index is 0.125. The van der Waals surface area contributed by atoms with Crippen LogP contribution in [0.5, 0.6) is 0 Å². The van der Waals surface area contributed by atoms with E-state index in [1.165, 1.54) is 0 Å². The molecule has 0 unspecified atom stereocenters. The second kappa shape index (κ2) is 6.85. The fourth-order valence-corrected chi connectivity index (χ4v) is 4.23. The van der Waals surface area contributed by atoms with Gasteiger partial charge in [0.1, 0.15) is 11.5 Å². The van der Waals surface area contributed by atoms with Gasteiger partial charge in [-0.15, -0.1) is 0 Å². The number of amides is 1. The van der Waals surface area contributed by atoms with Crippen LogP contribution in [-0.4, -0.2) is 50.9 Å². The maximum atomic E-state index is 11.9. The second-order valence-corrected chi connectivity index (χ2v) is 7.60. The summed E-state index contributed by atoms with van der Waals surface area (Å²) in [6, 6.07) is 8.22. The Hall–Kier alpha value is -2.60. The van der Waals surface area contributed by atoms with E-state index in [1.807, 2.05) is 35.4 Å². The van der Waals surface area contributed by atoms with Gasteiger partial charge in [0, 0.05) is 55.4 Å². The lowest BCUT2D eigenvalue weighted by Gasteiger charge is -2.44. The minimum Gasteiger partial charge on any atom is -0.352 e. The summed E-state index contributed by atoms with van der Waals surface area (Å²) in [5.41, 5.74) is 2.64. The standard InChI is InChI=1S/C20H22ClN5O/c1-12-10-25(11-13(2)26(12)14(3)27)19-6-4-5-18(24-19)17-9-23-20-16(17)7-15(21)8-22-20/h4-9,12-13H,10-11H2,1-3H3,(H,22,23)/t12-,13+. The molecule has 0 spiro atoms. The van der Waals surface area contributed by atoms with Gasteiger partial charge in [0.05, 0.1) is 10.7 Å². The summed E-state index contributed by atoms with van der Waals surface area (Å²) in [6.07, 6.45) is 3.55. The van der Waals surface area contributed by atoms with Crippen LogP contribution in [-0.2, 0) is 4.79 Å². The van der Waals surface area contributed by atoms with Gasteiger partial charge in [-0.05, 0) is 32.0 Å². The Morgan fingerprint density at radius 3 is 2.70 bits per heavy atom. The van der Waals surface area contributed by atoms with Crippen LogP contribution < -0.4 is 4.90 Å². The molecule has 4 heterocycles. The van der Waals surface area contributed by atoms with Gasteiger partial charge in [-0.25, -0.2) is 9.97 Å². The number of carbonyl (C=O) groups is 1. The van der Waals surface area contributed by atoms with Crippen molar-refractivity contribution >= 4 is 34.4 Å². The van der Waals surface area contributed by atoms with Crippen molar-refractivity contribution in [3.8, 4) is 11.3 Å². The Bertz CT molecular complexity index is 989. The van der Waals surface area contributed by atoms with Crippen LogP contribution in [0.2, 0.25) is 5.02 Å². The molecule has 140 valence electrons. The number of carbonyl (C=O) groups excluding carboxylic acids is 1. The largest absolute Gasteiger partial charge is 0.352 e. The van der Waals surface area contributed by atoms with E-state index in [9.17, 15) is 4.79 Å². The highest BCUT2D eigenvalue weighted by atomic mass is 35.5. The summed E-state index contributed by atoms with van der Waals surface area (Å²) < 4.78 is 0. The number of fused-ring (bicyclic) bond motifs is 1. The zero-order chi connectivity index (χ0) is 19.1. The number of hydrogen-bond acceptors (Lipinski definition) is 4. The van der Waals surface area contributed by atoms with Gasteiger partial charge >= 0.3 is 0 Å². The third kappa shape index (κ3) is 3.25. The third-order valence-electron chi connectivity index (χ3n) is 5.11. The molecule has 1 fully saturated rings. The third-order valence-corrected chi connectivity index (χ3v) is 5.32. The predicted octanol–water partition coefficient (Wildman–Crippen LogP) is 3.72. The molecule has 0 saturated carbocycles. The van der Waals surface area contributed by atoms with Gasteiger partial charge in [-0.3, -0.25) is 4.79 Å². The summed E-state index contributed by atoms with van der Waals surface area (Å²) in [4.78, 5) is 28.5. The second-order valence-electron chi connectivity index (χ2n) is 7.16. The molecule has 0 aromatic carbocycles. The van der Waals surface area contributed by atoms with Gasteiger partial charge in [0.2, 0.25) is 5.91 Å². The number of hydrogen-bond donors (Lipinski definition) is 1. The maximum Gasteiger partial charge on any atom is 0.220 e. The first-order chi connectivity index (χ1) is 12.9. The number of rotatable bonds is 2. The van der Waals surface area contributed by atoms with Gasteiger partial charge in [0.15, 0.2) is 0 Å². The van der Waals surface area contributed by atoms with Crippen LogP contribution >= 0.6 is 11.6 Å². The predicted molar refractivity (Wildman–Crippen MR) is 108 cm³/mol. The highest BCUT2D eigenvalue weighted by Gasteiger charge is 2.31. The normalized spacial score (nSPS) is 20.3. The highest BCUT2D eigenvalue weighted by Crippen LogP contribution is 2.30. The van der Waals surface area contributed by atoms with Crippen molar-refractivity contribution in [2.75, 3.05) is 18.0 Å². The van der Waals surface area contributed by atoms with E-state index in [0.29, 0.717) is 5.02 Å². The van der Waals surface area contributed by atoms with E-state index < -0.39 is 0 Å². The average Bonchev–Trinajstić information content (AvgIpc) is 3.04. The van der Waals surface area contributed by atoms with Gasteiger partial charge in [0.25, 0.3) is 0 Å². The number of nitrogens with zero attached hydrogens (tertiary/aromatic N) is 4. The highest BCUT2D eigenvalue weighted by molar-refractivity contribution is 6.31. The van der Waals surface area contributed by atoms with E-state index in [2.05, 4.69) is 28.7 Å². The first-order valence-electron chi connectivity index (χ1n) is 9.08.